The van der Waals surface area contributed by atoms with E-state index in [2.05, 4.69) is 18.2 Å². The van der Waals surface area contributed by atoms with E-state index in [0.717, 1.165) is 30.7 Å². The van der Waals surface area contributed by atoms with E-state index >= 15 is 0 Å². The van der Waals surface area contributed by atoms with E-state index in [9.17, 15) is 9.59 Å². The Morgan fingerprint density at radius 1 is 1.26 bits per heavy atom. The lowest BCUT2D eigenvalue weighted by molar-refractivity contribution is -0.133. The molecule has 0 fully saturated rings. The molecule has 5 nitrogen and oxygen atoms in total. The minimum Gasteiger partial charge on any atom is -0.462 e. The van der Waals surface area contributed by atoms with E-state index in [1.54, 1.807) is 13.0 Å². The highest BCUT2D eigenvalue weighted by atomic mass is 16.5. The molecule has 2 aromatic rings. The minimum atomic E-state index is -0.334. The fourth-order valence-corrected chi connectivity index (χ4v) is 4.01. The van der Waals surface area contributed by atoms with Crippen LogP contribution in [0, 0.1) is 13.8 Å². The number of carbonyl (C=O) groups is 2. The summed E-state index contributed by atoms with van der Waals surface area (Å²) in [7, 11) is 1.88. The fraction of sp³-hybridized carbons (Fsp3) is 0.455. The zero-order valence-corrected chi connectivity index (χ0v) is 16.6. The Balaban J connectivity index is 1.79. The first kappa shape index (κ1) is 19.2. The van der Waals surface area contributed by atoms with E-state index in [1.165, 1.54) is 11.1 Å². The third kappa shape index (κ3) is 3.77. The molecule has 3 rings (SSSR count). The number of hydrogen-bond donors (Lipinski definition) is 0. The summed E-state index contributed by atoms with van der Waals surface area (Å²) in [6.45, 7) is 6.14. The van der Waals surface area contributed by atoms with Gasteiger partial charge in [-0.2, -0.15) is 0 Å². The number of fused-ring (bicyclic) bond motifs is 1. The maximum atomic E-state index is 13.0. The molecule has 1 aliphatic carbocycles. The average Bonchev–Trinajstić information content (AvgIpc) is 2.95. The lowest BCUT2D eigenvalue weighted by Gasteiger charge is -2.33. The van der Waals surface area contributed by atoms with E-state index in [1.807, 2.05) is 36.4 Å². The zero-order chi connectivity index (χ0) is 19.6. The van der Waals surface area contributed by atoms with Crippen LogP contribution in [0.2, 0.25) is 0 Å². The summed E-state index contributed by atoms with van der Waals surface area (Å²) in [6.07, 6.45) is 3.15. The van der Waals surface area contributed by atoms with Gasteiger partial charge < -0.3 is 14.2 Å². The number of likely N-dealkylation sites (N-methyl/N-ethyl adjacent to an activating group) is 1. The first-order valence-electron chi connectivity index (χ1n) is 9.61. The van der Waals surface area contributed by atoms with Crippen molar-refractivity contribution in [1.29, 1.82) is 0 Å². The topological polar surface area (TPSA) is 51.5 Å². The Kier molecular flexibility index (Phi) is 5.68. The van der Waals surface area contributed by atoms with Crippen molar-refractivity contribution in [3.8, 4) is 0 Å². The molecule has 1 atom stereocenters. The molecule has 0 N–H and O–H groups in total. The SMILES string of the molecule is CCOC(=O)c1cc(C)n(CC(=O)N(C)C2CCCc3ccccc32)c1C. The summed E-state index contributed by atoms with van der Waals surface area (Å²) in [5.74, 6) is -0.284. The van der Waals surface area contributed by atoms with Gasteiger partial charge in [0.15, 0.2) is 0 Å². The monoisotopic (exact) mass is 368 g/mol. The van der Waals surface area contributed by atoms with Gasteiger partial charge in [0.05, 0.1) is 18.2 Å². The summed E-state index contributed by atoms with van der Waals surface area (Å²) in [6, 6.07) is 10.3. The Bertz CT molecular complexity index is 853. The normalized spacial score (nSPS) is 15.9. The van der Waals surface area contributed by atoms with Crippen molar-refractivity contribution in [1.82, 2.24) is 9.47 Å². The van der Waals surface area contributed by atoms with Gasteiger partial charge in [0.25, 0.3) is 0 Å². The van der Waals surface area contributed by atoms with Crippen LogP contribution in [0.3, 0.4) is 0 Å². The molecule has 1 unspecified atom stereocenters. The van der Waals surface area contributed by atoms with Gasteiger partial charge in [-0.3, -0.25) is 4.79 Å². The smallest absolute Gasteiger partial charge is 0.339 e. The highest BCUT2D eigenvalue weighted by molar-refractivity contribution is 5.91. The molecule has 0 bridgehead atoms. The van der Waals surface area contributed by atoms with Gasteiger partial charge in [0, 0.05) is 18.4 Å². The molecule has 1 heterocycles. The van der Waals surface area contributed by atoms with Crippen molar-refractivity contribution >= 4 is 11.9 Å². The molecule has 1 aromatic carbocycles. The molecular formula is C22H28N2O3. The van der Waals surface area contributed by atoms with E-state index in [0.29, 0.717) is 12.2 Å². The van der Waals surface area contributed by atoms with Crippen LogP contribution in [0.4, 0.5) is 0 Å². The van der Waals surface area contributed by atoms with Crippen LogP contribution in [-0.2, 0) is 22.5 Å². The van der Waals surface area contributed by atoms with Crippen LogP contribution in [0.1, 0.15) is 58.7 Å². The summed E-state index contributed by atoms with van der Waals surface area (Å²) in [5.41, 5.74) is 4.80. The largest absolute Gasteiger partial charge is 0.462 e. The molecule has 5 heteroatoms. The number of aromatic nitrogens is 1. The van der Waals surface area contributed by atoms with Gasteiger partial charge in [-0.25, -0.2) is 4.79 Å². The minimum absolute atomic E-state index is 0.0499. The second kappa shape index (κ2) is 7.99. The van der Waals surface area contributed by atoms with Crippen molar-refractivity contribution in [2.24, 2.45) is 0 Å². The summed E-state index contributed by atoms with van der Waals surface area (Å²) in [4.78, 5) is 27.0. The van der Waals surface area contributed by atoms with E-state index < -0.39 is 0 Å². The Morgan fingerprint density at radius 3 is 2.74 bits per heavy atom. The van der Waals surface area contributed by atoms with Gasteiger partial charge in [-0.1, -0.05) is 24.3 Å². The number of esters is 1. The molecule has 1 amide bonds. The van der Waals surface area contributed by atoms with E-state index in [4.69, 9.17) is 4.74 Å². The highest BCUT2D eigenvalue weighted by Gasteiger charge is 2.27. The van der Waals surface area contributed by atoms with Crippen LogP contribution in [0.15, 0.2) is 30.3 Å². The second-order valence-electron chi connectivity index (χ2n) is 7.20. The quantitative estimate of drug-likeness (QED) is 0.754. The number of carbonyl (C=O) groups excluding carboxylic acids is 2. The van der Waals surface area contributed by atoms with Crippen LogP contribution in [-0.4, -0.2) is 35.0 Å². The summed E-state index contributed by atoms with van der Waals surface area (Å²) in [5, 5.41) is 0. The maximum absolute atomic E-state index is 13.0. The first-order valence-corrected chi connectivity index (χ1v) is 9.61. The predicted octanol–water partition coefficient (Wildman–Crippen LogP) is 3.82. The van der Waals surface area contributed by atoms with E-state index in [-0.39, 0.29) is 24.5 Å². The number of amides is 1. The lowest BCUT2D eigenvalue weighted by atomic mass is 9.87. The van der Waals surface area contributed by atoms with Gasteiger partial charge in [0.1, 0.15) is 6.54 Å². The number of aryl methyl sites for hydroxylation is 2. The standard InChI is InChI=1S/C22H28N2O3/c1-5-27-22(26)19-13-15(2)24(16(19)3)14-21(25)23(4)20-12-8-10-17-9-6-7-11-18(17)20/h6-7,9,11,13,20H,5,8,10,12,14H2,1-4H3. The van der Waals surface area contributed by atoms with Crippen molar-refractivity contribution in [3.63, 3.8) is 0 Å². The molecule has 27 heavy (non-hydrogen) atoms. The number of ether oxygens (including phenoxy) is 1. The first-order chi connectivity index (χ1) is 12.9. The molecule has 0 saturated heterocycles. The number of rotatable bonds is 5. The van der Waals surface area contributed by atoms with Crippen LogP contribution >= 0.6 is 0 Å². The van der Waals surface area contributed by atoms with Gasteiger partial charge >= 0.3 is 5.97 Å². The second-order valence-corrected chi connectivity index (χ2v) is 7.20. The van der Waals surface area contributed by atoms with Crippen molar-refractivity contribution < 1.29 is 14.3 Å². The molecule has 0 saturated carbocycles. The van der Waals surface area contributed by atoms with Crippen molar-refractivity contribution in [2.75, 3.05) is 13.7 Å². The number of benzene rings is 1. The predicted molar refractivity (Wildman–Crippen MR) is 105 cm³/mol. The Hall–Kier alpha value is -2.56. The number of nitrogens with zero attached hydrogens (tertiary/aromatic N) is 2. The molecular weight excluding hydrogens is 340 g/mol. The lowest BCUT2D eigenvalue weighted by Crippen LogP contribution is -2.36. The van der Waals surface area contributed by atoms with Crippen molar-refractivity contribution in [3.05, 3.63) is 58.4 Å². The zero-order valence-electron chi connectivity index (χ0n) is 16.6. The Morgan fingerprint density at radius 2 is 2.00 bits per heavy atom. The average molecular weight is 368 g/mol. The third-order valence-electron chi connectivity index (χ3n) is 5.56. The molecule has 1 aliphatic rings. The molecule has 0 aliphatic heterocycles. The third-order valence-corrected chi connectivity index (χ3v) is 5.56. The highest BCUT2D eigenvalue weighted by Crippen LogP contribution is 2.33. The van der Waals surface area contributed by atoms with Gasteiger partial charge in [-0.15, -0.1) is 0 Å². The maximum Gasteiger partial charge on any atom is 0.339 e. The van der Waals surface area contributed by atoms with Gasteiger partial charge in [0.2, 0.25) is 5.91 Å². The molecule has 1 aromatic heterocycles. The van der Waals surface area contributed by atoms with Gasteiger partial charge in [-0.05, 0) is 57.2 Å². The fourth-order valence-electron chi connectivity index (χ4n) is 4.01. The Labute approximate surface area is 160 Å². The van der Waals surface area contributed by atoms with Crippen LogP contribution in [0.5, 0.6) is 0 Å². The number of hydrogen-bond acceptors (Lipinski definition) is 3. The summed E-state index contributed by atoms with van der Waals surface area (Å²) < 4.78 is 7.02. The van der Waals surface area contributed by atoms with Crippen LogP contribution < -0.4 is 0 Å². The van der Waals surface area contributed by atoms with Crippen LogP contribution in [0.25, 0.3) is 0 Å². The molecule has 144 valence electrons. The molecule has 0 spiro atoms. The molecule has 0 radical (unpaired) electrons. The summed E-state index contributed by atoms with van der Waals surface area (Å²) >= 11 is 0. The van der Waals surface area contributed by atoms with Crippen molar-refractivity contribution in [2.45, 2.75) is 52.6 Å².